The summed E-state index contributed by atoms with van der Waals surface area (Å²) in [5.74, 6) is 1.68. The summed E-state index contributed by atoms with van der Waals surface area (Å²) in [5, 5.41) is 6.15. The number of amides is 2. The van der Waals surface area contributed by atoms with Crippen molar-refractivity contribution in [3.05, 3.63) is 42.0 Å². The molecule has 6 nitrogen and oxygen atoms in total. The summed E-state index contributed by atoms with van der Waals surface area (Å²) in [6.45, 7) is 4.47. The topological polar surface area (TPSA) is 72.5 Å². The molecule has 0 saturated heterocycles. The number of nitrogens with one attached hydrogen (secondary N) is 2. The van der Waals surface area contributed by atoms with Crippen LogP contribution >= 0.6 is 11.3 Å². The van der Waals surface area contributed by atoms with Crippen LogP contribution in [0.15, 0.2) is 36.4 Å². The molecule has 128 valence electrons. The lowest BCUT2D eigenvalue weighted by molar-refractivity contribution is 0.174. The van der Waals surface area contributed by atoms with E-state index in [4.69, 9.17) is 9.47 Å². The molecule has 0 radical (unpaired) electrons. The molecule has 0 unspecified atom stereocenters. The van der Waals surface area contributed by atoms with Gasteiger partial charge in [-0.15, -0.1) is 0 Å². The van der Waals surface area contributed by atoms with Gasteiger partial charge >= 0.3 is 6.03 Å². The van der Waals surface area contributed by atoms with Crippen LogP contribution in [-0.4, -0.2) is 17.8 Å². The van der Waals surface area contributed by atoms with E-state index in [0.29, 0.717) is 28.2 Å². The maximum absolute atomic E-state index is 12.3. The summed E-state index contributed by atoms with van der Waals surface area (Å²) in [4.78, 5) is 16.8. The highest BCUT2D eigenvalue weighted by Gasteiger charge is 2.15. The molecule has 0 atom stereocenters. The predicted octanol–water partition coefficient (Wildman–Crippen LogP) is 4.79. The molecule has 2 aromatic carbocycles. The van der Waals surface area contributed by atoms with Crippen molar-refractivity contribution in [3.8, 4) is 11.5 Å². The van der Waals surface area contributed by atoms with Gasteiger partial charge in [0, 0.05) is 11.8 Å². The van der Waals surface area contributed by atoms with Gasteiger partial charge in [0.25, 0.3) is 0 Å². The second-order valence-electron chi connectivity index (χ2n) is 6.01. The van der Waals surface area contributed by atoms with E-state index in [2.05, 4.69) is 35.5 Å². The first-order valence-electron chi connectivity index (χ1n) is 7.97. The van der Waals surface area contributed by atoms with Gasteiger partial charge in [0.05, 0.1) is 10.2 Å². The van der Waals surface area contributed by atoms with E-state index in [-0.39, 0.29) is 12.8 Å². The van der Waals surface area contributed by atoms with Crippen molar-refractivity contribution < 1.29 is 14.3 Å². The van der Waals surface area contributed by atoms with Crippen molar-refractivity contribution in [2.24, 2.45) is 0 Å². The normalized spacial score (nSPS) is 12.6. The van der Waals surface area contributed by atoms with Gasteiger partial charge in [-0.3, -0.25) is 5.32 Å². The number of hydrogen-bond acceptors (Lipinski definition) is 5. The minimum Gasteiger partial charge on any atom is -0.454 e. The number of thiazole rings is 1. The van der Waals surface area contributed by atoms with E-state index >= 15 is 0 Å². The molecule has 0 saturated carbocycles. The molecule has 2 amide bonds. The van der Waals surface area contributed by atoms with E-state index in [1.807, 2.05) is 12.1 Å². The van der Waals surface area contributed by atoms with E-state index in [0.717, 1.165) is 10.2 Å². The molecule has 0 bridgehead atoms. The van der Waals surface area contributed by atoms with Crippen molar-refractivity contribution >= 4 is 38.4 Å². The zero-order chi connectivity index (χ0) is 17.4. The lowest BCUT2D eigenvalue weighted by Gasteiger charge is -2.06. The summed E-state index contributed by atoms with van der Waals surface area (Å²) in [5.41, 5.74) is 2.75. The number of fused-ring (bicyclic) bond motifs is 2. The zero-order valence-electron chi connectivity index (χ0n) is 13.8. The van der Waals surface area contributed by atoms with Gasteiger partial charge in [-0.05, 0) is 29.7 Å². The number of urea groups is 1. The van der Waals surface area contributed by atoms with Crippen LogP contribution in [-0.2, 0) is 0 Å². The minimum absolute atomic E-state index is 0.203. The quantitative estimate of drug-likeness (QED) is 0.708. The Balaban J connectivity index is 1.51. The van der Waals surface area contributed by atoms with Crippen LogP contribution in [0.5, 0.6) is 11.5 Å². The van der Waals surface area contributed by atoms with E-state index < -0.39 is 0 Å². The van der Waals surface area contributed by atoms with Crippen LogP contribution in [0.2, 0.25) is 0 Å². The van der Waals surface area contributed by atoms with Crippen molar-refractivity contribution in [3.63, 3.8) is 0 Å². The Morgan fingerprint density at radius 2 is 2.00 bits per heavy atom. The summed E-state index contributed by atoms with van der Waals surface area (Å²) < 4.78 is 11.6. The fourth-order valence-electron chi connectivity index (χ4n) is 2.72. The number of nitrogens with zero attached hydrogens (tertiary/aromatic N) is 1. The van der Waals surface area contributed by atoms with Crippen molar-refractivity contribution in [2.75, 3.05) is 17.4 Å². The molecule has 4 rings (SSSR count). The Morgan fingerprint density at radius 3 is 2.84 bits per heavy atom. The lowest BCUT2D eigenvalue weighted by Crippen LogP contribution is -2.19. The minimum atomic E-state index is -0.344. The summed E-state index contributed by atoms with van der Waals surface area (Å²) in [6.07, 6.45) is 0. The highest BCUT2D eigenvalue weighted by molar-refractivity contribution is 7.22. The molecular formula is C18H17N3O3S. The van der Waals surface area contributed by atoms with E-state index in [1.54, 1.807) is 18.2 Å². The fourth-order valence-corrected chi connectivity index (χ4v) is 3.62. The average Bonchev–Trinajstić information content (AvgIpc) is 3.19. The van der Waals surface area contributed by atoms with Crippen molar-refractivity contribution in [2.45, 2.75) is 19.8 Å². The van der Waals surface area contributed by atoms with Gasteiger partial charge in [-0.2, -0.15) is 0 Å². The highest BCUT2D eigenvalue weighted by Crippen LogP contribution is 2.34. The number of benzene rings is 2. The fraction of sp³-hybridized carbons (Fsp3) is 0.222. The molecule has 0 spiro atoms. The number of carbonyl (C=O) groups is 1. The van der Waals surface area contributed by atoms with Crippen LogP contribution in [0.1, 0.15) is 25.3 Å². The van der Waals surface area contributed by atoms with Crippen molar-refractivity contribution in [1.29, 1.82) is 0 Å². The van der Waals surface area contributed by atoms with Gasteiger partial charge in [0.2, 0.25) is 6.79 Å². The third kappa shape index (κ3) is 3.10. The summed E-state index contributed by atoms with van der Waals surface area (Å²) >= 11 is 1.46. The van der Waals surface area contributed by atoms with E-state index in [9.17, 15) is 4.79 Å². The molecule has 0 aliphatic carbocycles. The number of anilines is 2. The molecule has 3 aromatic rings. The van der Waals surface area contributed by atoms with Gasteiger partial charge in [-0.1, -0.05) is 37.3 Å². The van der Waals surface area contributed by atoms with Crippen LogP contribution in [0.25, 0.3) is 10.2 Å². The molecular weight excluding hydrogens is 338 g/mol. The van der Waals surface area contributed by atoms with Gasteiger partial charge in [0.1, 0.15) is 0 Å². The number of carbonyl (C=O) groups excluding carboxylic acids is 1. The highest BCUT2D eigenvalue weighted by atomic mass is 32.1. The lowest BCUT2D eigenvalue weighted by atomic mass is 10.0. The maximum atomic E-state index is 12.3. The van der Waals surface area contributed by atoms with Crippen LogP contribution in [0, 0.1) is 0 Å². The second-order valence-corrected chi connectivity index (χ2v) is 7.05. The Kier molecular flexibility index (Phi) is 3.93. The zero-order valence-corrected chi connectivity index (χ0v) is 14.6. The first-order chi connectivity index (χ1) is 12.1. The Hall–Kier alpha value is -2.80. The van der Waals surface area contributed by atoms with Crippen LogP contribution in [0.4, 0.5) is 15.6 Å². The first kappa shape index (κ1) is 15.7. The molecule has 1 aliphatic rings. The molecule has 0 fully saturated rings. The predicted molar refractivity (Wildman–Crippen MR) is 98.9 cm³/mol. The summed E-state index contributed by atoms with van der Waals surface area (Å²) in [7, 11) is 0. The smallest absolute Gasteiger partial charge is 0.325 e. The standard InChI is InChI=1S/C18H17N3O3S/c1-10(2)12-4-3-5-15-16(12)20-18(25-15)21-17(22)19-11-6-7-13-14(8-11)24-9-23-13/h3-8,10H,9H2,1-2H3,(H2,19,20,21,22). The molecule has 25 heavy (non-hydrogen) atoms. The molecule has 2 heterocycles. The van der Waals surface area contributed by atoms with Gasteiger partial charge in [0.15, 0.2) is 16.6 Å². The van der Waals surface area contributed by atoms with Gasteiger partial charge < -0.3 is 14.8 Å². The summed E-state index contributed by atoms with van der Waals surface area (Å²) in [6, 6.07) is 11.0. The molecule has 2 N–H and O–H groups in total. The van der Waals surface area contributed by atoms with E-state index in [1.165, 1.54) is 16.9 Å². The SMILES string of the molecule is CC(C)c1cccc2sc(NC(=O)Nc3ccc4c(c3)OCO4)nc12. The molecule has 1 aromatic heterocycles. The Bertz CT molecular complexity index is 952. The molecule has 1 aliphatic heterocycles. The number of aromatic nitrogens is 1. The number of rotatable bonds is 3. The second kappa shape index (κ2) is 6.25. The third-order valence-corrected chi connectivity index (χ3v) is 4.86. The Labute approximate surface area is 148 Å². The number of ether oxygens (including phenoxy) is 2. The van der Waals surface area contributed by atoms with Crippen molar-refractivity contribution in [1.82, 2.24) is 4.98 Å². The average molecular weight is 355 g/mol. The van der Waals surface area contributed by atoms with Crippen LogP contribution < -0.4 is 20.1 Å². The molecule has 7 heteroatoms. The Morgan fingerprint density at radius 1 is 1.16 bits per heavy atom. The third-order valence-electron chi connectivity index (χ3n) is 3.92. The van der Waals surface area contributed by atoms with Gasteiger partial charge in [-0.25, -0.2) is 9.78 Å². The largest absolute Gasteiger partial charge is 0.454 e. The monoisotopic (exact) mass is 355 g/mol. The number of hydrogen-bond donors (Lipinski definition) is 2. The number of para-hydroxylation sites is 1. The first-order valence-corrected chi connectivity index (χ1v) is 8.79. The van der Waals surface area contributed by atoms with Crippen LogP contribution in [0.3, 0.4) is 0 Å². The maximum Gasteiger partial charge on any atom is 0.325 e.